The maximum absolute atomic E-state index is 12.2. The number of carboxylic acids is 2. The summed E-state index contributed by atoms with van der Waals surface area (Å²) in [6.45, 7) is 2.19. The molecule has 1 aliphatic heterocycles. The third kappa shape index (κ3) is 3.04. The maximum atomic E-state index is 12.2. The van der Waals surface area contributed by atoms with Gasteiger partial charge in [-0.05, 0) is 24.5 Å². The Morgan fingerprint density at radius 1 is 1.29 bits per heavy atom. The van der Waals surface area contributed by atoms with Gasteiger partial charge in [-0.2, -0.15) is 0 Å². The zero-order valence-electron chi connectivity index (χ0n) is 11.7. The van der Waals surface area contributed by atoms with E-state index in [1.165, 1.54) is 0 Å². The van der Waals surface area contributed by atoms with Crippen molar-refractivity contribution in [3.8, 4) is 0 Å². The van der Waals surface area contributed by atoms with Crippen molar-refractivity contribution >= 4 is 23.4 Å². The molecule has 2 N–H and O–H groups in total. The van der Waals surface area contributed by atoms with Gasteiger partial charge in [-0.3, -0.25) is 9.59 Å². The van der Waals surface area contributed by atoms with Gasteiger partial charge < -0.3 is 15.1 Å². The highest BCUT2D eigenvalue weighted by Crippen LogP contribution is 2.33. The van der Waals surface area contributed by atoms with Gasteiger partial charge in [0.15, 0.2) is 11.8 Å². The molecule has 1 heterocycles. The number of benzene rings is 1. The van der Waals surface area contributed by atoms with Crippen LogP contribution in [0.1, 0.15) is 30.1 Å². The van der Waals surface area contributed by atoms with Crippen molar-refractivity contribution < 1.29 is 24.6 Å². The first kappa shape index (κ1) is 15.0. The fourth-order valence-corrected chi connectivity index (χ4v) is 2.61. The molecule has 0 spiro atoms. The quantitative estimate of drug-likeness (QED) is 0.774. The lowest BCUT2D eigenvalue weighted by molar-refractivity contribution is -0.138. The number of hydrogen-bond donors (Lipinski definition) is 2. The molecule has 112 valence electrons. The van der Waals surface area contributed by atoms with Crippen LogP contribution in [0.25, 0.3) is 0 Å². The van der Waals surface area contributed by atoms with Gasteiger partial charge in [0.1, 0.15) is 0 Å². The molecular weight excluding hydrogens is 274 g/mol. The van der Waals surface area contributed by atoms with E-state index >= 15 is 0 Å². The Labute approximate surface area is 122 Å². The molecule has 0 saturated carbocycles. The summed E-state index contributed by atoms with van der Waals surface area (Å²) in [6.07, 6.45) is 0.469. The van der Waals surface area contributed by atoms with Crippen molar-refractivity contribution in [3.05, 3.63) is 29.8 Å². The molecule has 0 bridgehead atoms. The Balaban J connectivity index is 2.21. The molecule has 1 aliphatic rings. The van der Waals surface area contributed by atoms with E-state index in [1.807, 2.05) is 6.92 Å². The Morgan fingerprint density at radius 2 is 1.95 bits per heavy atom. The molecule has 0 radical (unpaired) electrons. The Morgan fingerprint density at radius 3 is 2.57 bits per heavy atom. The first-order valence-corrected chi connectivity index (χ1v) is 6.76. The van der Waals surface area contributed by atoms with Crippen molar-refractivity contribution in [2.24, 2.45) is 5.92 Å². The summed E-state index contributed by atoms with van der Waals surface area (Å²) in [5.41, 5.74) is 1.02. The van der Waals surface area contributed by atoms with Crippen molar-refractivity contribution in [2.75, 3.05) is 11.4 Å². The number of anilines is 1. The minimum absolute atomic E-state index is 0.0260. The van der Waals surface area contributed by atoms with E-state index in [1.54, 1.807) is 29.2 Å². The normalized spacial score (nSPS) is 18.4. The van der Waals surface area contributed by atoms with Crippen LogP contribution in [-0.2, 0) is 9.59 Å². The van der Waals surface area contributed by atoms with Crippen molar-refractivity contribution in [1.82, 2.24) is 0 Å². The zero-order chi connectivity index (χ0) is 15.6. The van der Waals surface area contributed by atoms with Crippen LogP contribution in [0.4, 0.5) is 5.69 Å². The number of ketones is 1. The lowest BCUT2D eigenvalue weighted by atomic mass is 10.0. The smallest absolute Gasteiger partial charge is 0.334 e. The SMILES string of the molecule is C[C@@H](CCC(=O)O)CN1c2ccccc2C(=O)[C@@H]1C(=O)O. The molecule has 0 aromatic heterocycles. The van der Waals surface area contributed by atoms with E-state index in [0.717, 1.165) is 0 Å². The van der Waals surface area contributed by atoms with Crippen LogP contribution in [-0.4, -0.2) is 40.5 Å². The molecule has 0 fully saturated rings. The molecule has 0 amide bonds. The Kier molecular flexibility index (Phi) is 4.26. The summed E-state index contributed by atoms with van der Waals surface area (Å²) in [5.74, 6) is -2.50. The predicted molar refractivity (Wildman–Crippen MR) is 75.6 cm³/mol. The molecule has 0 saturated heterocycles. The van der Waals surface area contributed by atoms with Crippen molar-refractivity contribution in [3.63, 3.8) is 0 Å². The highest BCUT2D eigenvalue weighted by atomic mass is 16.4. The Hall–Kier alpha value is -2.37. The van der Waals surface area contributed by atoms with Gasteiger partial charge in [0.25, 0.3) is 0 Å². The van der Waals surface area contributed by atoms with E-state index in [0.29, 0.717) is 24.2 Å². The lowest BCUT2D eigenvalue weighted by Crippen LogP contribution is -2.44. The number of carbonyl (C=O) groups is 3. The fraction of sp³-hybridized carbons (Fsp3) is 0.400. The number of carbonyl (C=O) groups excluding carboxylic acids is 1. The number of carboxylic acid groups (broad SMARTS) is 2. The first-order chi connectivity index (χ1) is 9.91. The third-order valence-corrected chi connectivity index (χ3v) is 3.63. The number of Topliss-reactive ketones (excluding diaryl/α,β-unsaturated/α-hetero) is 1. The molecule has 2 rings (SSSR count). The summed E-state index contributed by atoms with van der Waals surface area (Å²) < 4.78 is 0. The van der Waals surface area contributed by atoms with Gasteiger partial charge >= 0.3 is 11.9 Å². The summed E-state index contributed by atoms with van der Waals surface area (Å²) in [7, 11) is 0. The molecule has 1 aromatic carbocycles. The zero-order valence-corrected chi connectivity index (χ0v) is 11.7. The van der Waals surface area contributed by atoms with Crippen LogP contribution >= 0.6 is 0 Å². The van der Waals surface area contributed by atoms with Crippen molar-refractivity contribution in [2.45, 2.75) is 25.8 Å². The average molecular weight is 291 g/mol. The molecule has 21 heavy (non-hydrogen) atoms. The van der Waals surface area contributed by atoms with Crippen LogP contribution < -0.4 is 4.90 Å². The second-order valence-corrected chi connectivity index (χ2v) is 5.31. The monoisotopic (exact) mass is 291 g/mol. The summed E-state index contributed by atoms with van der Waals surface area (Å²) in [5, 5.41) is 18.0. The second-order valence-electron chi connectivity index (χ2n) is 5.31. The second kappa shape index (κ2) is 5.95. The summed E-state index contributed by atoms with van der Waals surface area (Å²) >= 11 is 0. The molecule has 0 unspecified atom stereocenters. The minimum Gasteiger partial charge on any atom is -0.481 e. The fourth-order valence-electron chi connectivity index (χ4n) is 2.61. The topological polar surface area (TPSA) is 94.9 Å². The van der Waals surface area contributed by atoms with Crippen molar-refractivity contribution in [1.29, 1.82) is 0 Å². The molecule has 1 aromatic rings. The van der Waals surface area contributed by atoms with E-state index in [2.05, 4.69) is 0 Å². The maximum Gasteiger partial charge on any atom is 0.334 e. The average Bonchev–Trinajstić information content (AvgIpc) is 2.70. The van der Waals surface area contributed by atoms with Crippen LogP contribution in [0.3, 0.4) is 0 Å². The number of aliphatic carboxylic acids is 2. The highest BCUT2D eigenvalue weighted by molar-refractivity contribution is 6.20. The first-order valence-electron chi connectivity index (χ1n) is 6.76. The molecule has 6 nitrogen and oxygen atoms in total. The standard InChI is InChI=1S/C15H17NO5/c1-9(6-7-12(17)18)8-16-11-5-3-2-4-10(11)14(19)13(16)15(20)21/h2-5,9,13H,6-8H2,1H3,(H,17,18)(H,20,21)/t9-,13+/m0/s1. The van der Waals surface area contributed by atoms with E-state index < -0.39 is 23.8 Å². The number of nitrogens with zero attached hydrogens (tertiary/aromatic N) is 1. The predicted octanol–water partition coefficient (Wildman–Crippen LogP) is 1.64. The van der Waals surface area contributed by atoms with Gasteiger partial charge in [0.2, 0.25) is 0 Å². The van der Waals surface area contributed by atoms with Crippen LogP contribution in [0.5, 0.6) is 0 Å². The third-order valence-electron chi connectivity index (χ3n) is 3.63. The van der Waals surface area contributed by atoms with Crippen LogP contribution in [0.15, 0.2) is 24.3 Å². The van der Waals surface area contributed by atoms with Crippen LogP contribution in [0.2, 0.25) is 0 Å². The highest BCUT2D eigenvalue weighted by Gasteiger charge is 2.42. The van der Waals surface area contributed by atoms with Gasteiger partial charge in [0.05, 0.1) is 0 Å². The van der Waals surface area contributed by atoms with E-state index in [9.17, 15) is 19.5 Å². The lowest BCUT2D eigenvalue weighted by Gasteiger charge is -2.26. The van der Waals surface area contributed by atoms with E-state index in [-0.39, 0.29) is 12.3 Å². The van der Waals surface area contributed by atoms with Gasteiger partial charge in [-0.15, -0.1) is 0 Å². The summed E-state index contributed by atoms with van der Waals surface area (Å²) in [6, 6.07) is 5.59. The molecule has 6 heteroatoms. The van der Waals surface area contributed by atoms with Crippen LogP contribution in [0, 0.1) is 5.92 Å². The number of hydrogen-bond acceptors (Lipinski definition) is 4. The minimum atomic E-state index is -1.21. The number of rotatable bonds is 6. The number of para-hydroxylation sites is 1. The number of fused-ring (bicyclic) bond motifs is 1. The van der Waals surface area contributed by atoms with Gasteiger partial charge in [-0.1, -0.05) is 19.1 Å². The summed E-state index contributed by atoms with van der Waals surface area (Å²) in [4.78, 5) is 35.7. The largest absolute Gasteiger partial charge is 0.481 e. The van der Waals surface area contributed by atoms with E-state index in [4.69, 9.17) is 5.11 Å². The molecule has 2 atom stereocenters. The Bertz CT molecular complexity index is 583. The molecular formula is C15H17NO5. The van der Waals surface area contributed by atoms with Gasteiger partial charge in [0, 0.05) is 24.2 Å². The molecule has 0 aliphatic carbocycles. The van der Waals surface area contributed by atoms with Gasteiger partial charge in [-0.25, -0.2) is 4.79 Å².